The first-order chi connectivity index (χ1) is 10.2. The molecule has 0 fully saturated rings. The number of nitrogens with zero attached hydrogens (tertiary/aromatic N) is 2. The number of hydrogen-bond donors (Lipinski definition) is 1. The number of benzene rings is 2. The van der Waals surface area contributed by atoms with Crippen molar-refractivity contribution in [3.8, 4) is 0 Å². The van der Waals surface area contributed by atoms with Crippen LogP contribution in [-0.2, 0) is 13.1 Å². The van der Waals surface area contributed by atoms with Crippen molar-refractivity contribution in [2.45, 2.75) is 13.1 Å². The van der Waals surface area contributed by atoms with Gasteiger partial charge in [0.05, 0.1) is 17.6 Å². The molecule has 0 saturated carbocycles. The fourth-order valence-corrected chi connectivity index (χ4v) is 2.98. The fourth-order valence-electron chi connectivity index (χ4n) is 2.57. The molecular formula is C17H16BrN3. The van der Waals surface area contributed by atoms with Crippen molar-refractivity contribution in [1.29, 1.82) is 5.41 Å². The van der Waals surface area contributed by atoms with Crippen molar-refractivity contribution in [3.63, 3.8) is 0 Å². The van der Waals surface area contributed by atoms with Crippen molar-refractivity contribution in [2.75, 3.05) is 0 Å². The summed E-state index contributed by atoms with van der Waals surface area (Å²) in [6, 6.07) is 16.3. The molecule has 0 aliphatic carbocycles. The molecule has 0 saturated heterocycles. The van der Waals surface area contributed by atoms with E-state index in [9.17, 15) is 0 Å². The lowest BCUT2D eigenvalue weighted by molar-refractivity contribution is 0.670. The zero-order valence-corrected chi connectivity index (χ0v) is 13.2. The third-order valence-electron chi connectivity index (χ3n) is 3.57. The Hall–Kier alpha value is -2.07. The molecule has 3 aromatic rings. The molecule has 0 atom stereocenters. The molecule has 1 heterocycles. The predicted molar refractivity (Wildman–Crippen MR) is 89.2 cm³/mol. The van der Waals surface area contributed by atoms with Gasteiger partial charge in [-0.3, -0.25) is 5.41 Å². The molecular weight excluding hydrogens is 326 g/mol. The molecule has 3 rings (SSSR count). The second-order valence-corrected chi connectivity index (χ2v) is 5.74. The van der Waals surface area contributed by atoms with Gasteiger partial charge in [-0.25, -0.2) is 0 Å². The highest BCUT2D eigenvalue weighted by Gasteiger charge is 2.10. The zero-order chi connectivity index (χ0) is 14.8. The lowest BCUT2D eigenvalue weighted by Crippen LogP contribution is -2.24. The minimum absolute atomic E-state index is 0.492. The van der Waals surface area contributed by atoms with E-state index < -0.39 is 0 Å². The summed E-state index contributed by atoms with van der Waals surface area (Å²) in [5, 5.41) is 8.46. The Morgan fingerprint density at radius 2 is 1.62 bits per heavy atom. The van der Waals surface area contributed by atoms with Crippen LogP contribution in [0.1, 0.15) is 5.56 Å². The van der Waals surface area contributed by atoms with Crippen LogP contribution in [0.2, 0.25) is 0 Å². The van der Waals surface area contributed by atoms with Gasteiger partial charge in [-0.15, -0.1) is 6.58 Å². The molecule has 0 bridgehead atoms. The van der Waals surface area contributed by atoms with Crippen LogP contribution in [0.15, 0.2) is 65.7 Å². The van der Waals surface area contributed by atoms with Gasteiger partial charge in [0.25, 0.3) is 0 Å². The standard InChI is InChI=1S/C17H16BrN3/c1-2-11-20-15-9-5-6-10-16(15)21(17(20)19)12-13-7-3-4-8-14(13)18/h2-10,19H,1,11-12H2. The van der Waals surface area contributed by atoms with Gasteiger partial charge >= 0.3 is 0 Å². The van der Waals surface area contributed by atoms with Gasteiger partial charge in [0.1, 0.15) is 0 Å². The van der Waals surface area contributed by atoms with Crippen LogP contribution in [0, 0.1) is 5.41 Å². The summed E-state index contributed by atoms with van der Waals surface area (Å²) >= 11 is 3.58. The van der Waals surface area contributed by atoms with Gasteiger partial charge in [-0.2, -0.15) is 0 Å². The molecule has 2 aromatic carbocycles. The largest absolute Gasteiger partial charge is 0.307 e. The number of aromatic nitrogens is 2. The van der Waals surface area contributed by atoms with Crippen molar-refractivity contribution in [2.24, 2.45) is 0 Å². The smallest absolute Gasteiger partial charge is 0.203 e. The molecule has 21 heavy (non-hydrogen) atoms. The summed E-state index contributed by atoms with van der Waals surface area (Å²) in [5.74, 6) is 0. The van der Waals surface area contributed by atoms with Crippen LogP contribution in [0.25, 0.3) is 11.0 Å². The molecule has 0 spiro atoms. The maximum Gasteiger partial charge on any atom is 0.203 e. The van der Waals surface area contributed by atoms with E-state index >= 15 is 0 Å². The van der Waals surface area contributed by atoms with E-state index in [1.807, 2.05) is 51.6 Å². The van der Waals surface area contributed by atoms with Crippen LogP contribution < -0.4 is 5.62 Å². The molecule has 106 valence electrons. The topological polar surface area (TPSA) is 33.7 Å². The minimum Gasteiger partial charge on any atom is -0.307 e. The second-order valence-electron chi connectivity index (χ2n) is 4.89. The fraction of sp³-hybridized carbons (Fsp3) is 0.118. The first-order valence-corrected chi connectivity index (χ1v) is 7.58. The van der Waals surface area contributed by atoms with E-state index in [4.69, 9.17) is 5.41 Å². The minimum atomic E-state index is 0.492. The zero-order valence-electron chi connectivity index (χ0n) is 11.6. The van der Waals surface area contributed by atoms with Crippen molar-refractivity contribution in [1.82, 2.24) is 9.13 Å². The van der Waals surface area contributed by atoms with Crippen LogP contribution >= 0.6 is 15.9 Å². The number of allylic oxidation sites excluding steroid dienone is 1. The van der Waals surface area contributed by atoms with Gasteiger partial charge in [0, 0.05) is 11.0 Å². The third-order valence-corrected chi connectivity index (χ3v) is 4.35. The summed E-state index contributed by atoms with van der Waals surface area (Å²) in [4.78, 5) is 0. The highest BCUT2D eigenvalue weighted by atomic mass is 79.9. The predicted octanol–water partition coefficient (Wildman–Crippen LogP) is 3.92. The van der Waals surface area contributed by atoms with Gasteiger partial charge in [0.2, 0.25) is 5.62 Å². The quantitative estimate of drug-likeness (QED) is 0.698. The average molecular weight is 342 g/mol. The van der Waals surface area contributed by atoms with E-state index in [0.29, 0.717) is 18.7 Å². The number of nitrogens with one attached hydrogen (secondary N) is 1. The summed E-state index contributed by atoms with van der Waals surface area (Å²) in [7, 11) is 0. The Morgan fingerprint density at radius 3 is 2.29 bits per heavy atom. The molecule has 3 nitrogen and oxygen atoms in total. The van der Waals surface area contributed by atoms with Crippen LogP contribution in [0.5, 0.6) is 0 Å². The van der Waals surface area contributed by atoms with Gasteiger partial charge in [0.15, 0.2) is 0 Å². The summed E-state index contributed by atoms with van der Waals surface area (Å²) < 4.78 is 5.07. The number of para-hydroxylation sites is 2. The van der Waals surface area contributed by atoms with Gasteiger partial charge in [-0.1, -0.05) is 52.3 Å². The highest BCUT2D eigenvalue weighted by Crippen LogP contribution is 2.19. The number of imidazole rings is 1. The Labute approximate surface area is 131 Å². The lowest BCUT2D eigenvalue weighted by Gasteiger charge is -2.07. The van der Waals surface area contributed by atoms with E-state index in [-0.39, 0.29) is 0 Å². The molecule has 0 amide bonds. The number of halogens is 1. The molecule has 0 aliphatic rings. The summed E-state index contributed by atoms with van der Waals surface area (Å²) in [5.41, 5.74) is 3.79. The molecule has 0 unspecified atom stereocenters. The SMILES string of the molecule is C=CCn1c(=N)n(Cc2ccccc2Br)c2ccccc21. The summed E-state index contributed by atoms with van der Waals surface area (Å²) in [6.07, 6.45) is 1.83. The third kappa shape index (κ3) is 2.47. The second kappa shape index (κ2) is 5.74. The summed E-state index contributed by atoms with van der Waals surface area (Å²) in [6.45, 7) is 5.10. The Kier molecular flexibility index (Phi) is 3.80. The van der Waals surface area contributed by atoms with E-state index in [0.717, 1.165) is 21.1 Å². The molecule has 1 aromatic heterocycles. The van der Waals surface area contributed by atoms with Crippen LogP contribution in [-0.4, -0.2) is 9.13 Å². The van der Waals surface area contributed by atoms with Crippen LogP contribution in [0.4, 0.5) is 0 Å². The Bertz CT molecular complexity index is 858. The maximum absolute atomic E-state index is 8.46. The van der Waals surface area contributed by atoms with Crippen molar-refractivity contribution in [3.05, 3.63) is 76.8 Å². The molecule has 0 aliphatic heterocycles. The normalized spacial score (nSPS) is 10.9. The monoisotopic (exact) mass is 341 g/mol. The van der Waals surface area contributed by atoms with Crippen LogP contribution in [0.3, 0.4) is 0 Å². The number of fused-ring (bicyclic) bond motifs is 1. The molecule has 0 radical (unpaired) electrons. The maximum atomic E-state index is 8.46. The van der Waals surface area contributed by atoms with Crippen molar-refractivity contribution >= 4 is 27.0 Å². The number of rotatable bonds is 4. The first kappa shape index (κ1) is 13.9. The average Bonchev–Trinajstić information content (AvgIpc) is 2.76. The van der Waals surface area contributed by atoms with E-state index in [1.54, 1.807) is 0 Å². The van der Waals surface area contributed by atoms with E-state index in [2.05, 4.69) is 34.6 Å². The molecule has 1 N–H and O–H groups in total. The Balaban J connectivity index is 2.19. The number of hydrogen-bond acceptors (Lipinski definition) is 1. The molecule has 4 heteroatoms. The Morgan fingerprint density at radius 1 is 1.00 bits per heavy atom. The van der Waals surface area contributed by atoms with Gasteiger partial charge in [-0.05, 0) is 23.8 Å². The first-order valence-electron chi connectivity index (χ1n) is 6.79. The highest BCUT2D eigenvalue weighted by molar-refractivity contribution is 9.10. The van der Waals surface area contributed by atoms with E-state index in [1.165, 1.54) is 0 Å². The lowest BCUT2D eigenvalue weighted by atomic mass is 10.2. The van der Waals surface area contributed by atoms with Gasteiger partial charge < -0.3 is 9.13 Å². The van der Waals surface area contributed by atoms with Crippen molar-refractivity contribution < 1.29 is 0 Å².